The molecular weight excluding hydrogens is 674 g/mol. The number of hydrogen-bond donors (Lipinski definition) is 4. The zero-order valence-electron chi connectivity index (χ0n) is 32.4. The number of rotatable bonds is 26. The van der Waals surface area contributed by atoms with Crippen LogP contribution in [0.3, 0.4) is 0 Å². The average molecular weight is 740 g/mol. The molecule has 296 valence electrons. The quantitative estimate of drug-likeness (QED) is 0.0679. The number of unbranched alkanes of at least 4 members (excludes halogenated alkanes) is 15. The molecule has 4 atom stereocenters. The Morgan fingerprint density at radius 1 is 0.868 bits per heavy atom. The van der Waals surface area contributed by atoms with Crippen LogP contribution in [-0.2, 0) is 30.3 Å². The lowest BCUT2D eigenvalue weighted by molar-refractivity contribution is -0.213. The van der Waals surface area contributed by atoms with Crippen molar-refractivity contribution in [1.82, 2.24) is 25.5 Å². The van der Waals surface area contributed by atoms with Crippen LogP contribution in [0, 0.1) is 12.8 Å². The predicted molar refractivity (Wildman–Crippen MR) is 207 cm³/mol. The summed E-state index contributed by atoms with van der Waals surface area (Å²) in [5.41, 5.74) is 0.134. The van der Waals surface area contributed by atoms with Crippen molar-refractivity contribution >= 4 is 17.8 Å². The van der Waals surface area contributed by atoms with Crippen molar-refractivity contribution < 1.29 is 23.9 Å². The van der Waals surface area contributed by atoms with Crippen LogP contribution in [0.25, 0.3) is 0 Å². The number of carbonyl (C=O) groups excluding carboxylic acids is 3. The van der Waals surface area contributed by atoms with Crippen LogP contribution in [0.4, 0.5) is 0 Å². The minimum absolute atomic E-state index is 0.182. The number of aromatic nitrogens is 2. The maximum atomic E-state index is 13.3. The number of nitrogens with one attached hydrogen (secondary N) is 4. The highest BCUT2D eigenvalue weighted by Crippen LogP contribution is 2.17. The summed E-state index contributed by atoms with van der Waals surface area (Å²) in [7, 11) is 0. The number of amides is 2. The Labute approximate surface area is 315 Å². The second kappa shape index (κ2) is 25.3. The Morgan fingerprint density at radius 3 is 2.06 bits per heavy atom. The number of nitrogens with zero attached hydrogens (tertiary/aromatic N) is 1. The van der Waals surface area contributed by atoms with Gasteiger partial charge in [-0.2, -0.15) is 0 Å². The average Bonchev–Trinajstić information content (AvgIpc) is 3.14. The number of carbonyl (C=O) groups is 3. The van der Waals surface area contributed by atoms with Gasteiger partial charge >= 0.3 is 11.7 Å². The molecule has 3 rings (SSSR count). The van der Waals surface area contributed by atoms with Crippen molar-refractivity contribution in [2.75, 3.05) is 19.6 Å². The number of morpholine rings is 1. The molecule has 2 aromatic rings. The molecule has 2 amide bonds. The van der Waals surface area contributed by atoms with Crippen LogP contribution in [-0.4, -0.2) is 59.3 Å². The molecule has 1 saturated heterocycles. The van der Waals surface area contributed by atoms with E-state index in [2.05, 4.69) is 27.9 Å². The SMILES string of the molecule is CCCCCCCCCCCCCCCCCCNC(=O)C(Cc1ccccc1)NC(=O)CC(C)C(=O)O[C@H]1CNC[C@H](n2cc(C)c(=O)[nH]c2=O)O1. The van der Waals surface area contributed by atoms with Crippen molar-refractivity contribution in [2.24, 2.45) is 5.92 Å². The summed E-state index contributed by atoms with van der Waals surface area (Å²) in [5, 5.41) is 8.90. The van der Waals surface area contributed by atoms with Gasteiger partial charge in [0.1, 0.15) is 6.04 Å². The van der Waals surface area contributed by atoms with Gasteiger partial charge in [-0.1, -0.05) is 140 Å². The highest BCUT2D eigenvalue weighted by molar-refractivity contribution is 5.89. The third-order valence-electron chi connectivity index (χ3n) is 9.80. The van der Waals surface area contributed by atoms with E-state index < -0.39 is 47.6 Å². The Bertz CT molecular complexity index is 1480. The van der Waals surface area contributed by atoms with E-state index >= 15 is 0 Å². The first kappa shape index (κ1) is 43.6. The van der Waals surface area contributed by atoms with Crippen LogP contribution in [0.2, 0.25) is 0 Å². The van der Waals surface area contributed by atoms with Gasteiger partial charge in [0.25, 0.3) is 5.56 Å². The normalized spacial score (nSPS) is 16.8. The van der Waals surface area contributed by atoms with Crippen molar-refractivity contribution in [3.63, 3.8) is 0 Å². The number of esters is 1. The number of aromatic amines is 1. The molecule has 0 radical (unpaired) electrons. The number of benzene rings is 1. The summed E-state index contributed by atoms with van der Waals surface area (Å²) in [4.78, 5) is 65.6. The molecule has 0 spiro atoms. The largest absolute Gasteiger partial charge is 0.434 e. The van der Waals surface area contributed by atoms with Crippen molar-refractivity contribution in [2.45, 2.75) is 155 Å². The third kappa shape index (κ3) is 17.3. The summed E-state index contributed by atoms with van der Waals surface area (Å²) < 4.78 is 12.6. The van der Waals surface area contributed by atoms with Gasteiger partial charge in [-0.05, 0) is 18.9 Å². The van der Waals surface area contributed by atoms with E-state index in [1.165, 1.54) is 94.2 Å². The number of aryl methyl sites for hydroxylation is 1. The molecule has 1 aliphatic heterocycles. The van der Waals surface area contributed by atoms with Crippen LogP contribution >= 0.6 is 0 Å². The molecule has 1 aliphatic rings. The molecule has 0 bridgehead atoms. The van der Waals surface area contributed by atoms with Crippen molar-refractivity contribution in [3.8, 4) is 0 Å². The molecule has 0 saturated carbocycles. The lowest BCUT2D eigenvalue weighted by atomic mass is 10.0. The molecule has 1 aromatic heterocycles. The minimum Gasteiger partial charge on any atom is -0.434 e. The summed E-state index contributed by atoms with van der Waals surface area (Å²) in [6.07, 6.45) is 20.3. The predicted octanol–water partition coefficient (Wildman–Crippen LogP) is 5.96. The molecule has 12 heteroatoms. The van der Waals surface area contributed by atoms with Gasteiger partial charge in [0.15, 0.2) is 6.23 Å². The molecular formula is C41H65N5O7. The van der Waals surface area contributed by atoms with E-state index in [-0.39, 0.29) is 25.4 Å². The van der Waals surface area contributed by atoms with E-state index in [0.29, 0.717) is 18.5 Å². The van der Waals surface area contributed by atoms with E-state index in [1.807, 2.05) is 30.3 Å². The first-order chi connectivity index (χ1) is 25.7. The van der Waals surface area contributed by atoms with E-state index in [0.717, 1.165) is 24.8 Å². The van der Waals surface area contributed by atoms with Crippen LogP contribution in [0.15, 0.2) is 46.1 Å². The zero-order valence-corrected chi connectivity index (χ0v) is 32.4. The minimum atomic E-state index is -1.01. The maximum Gasteiger partial charge on any atom is 0.330 e. The van der Waals surface area contributed by atoms with Crippen molar-refractivity contribution in [3.05, 3.63) is 68.5 Å². The van der Waals surface area contributed by atoms with E-state index in [1.54, 1.807) is 13.8 Å². The Balaban J connectivity index is 1.35. The van der Waals surface area contributed by atoms with Gasteiger partial charge in [-0.25, -0.2) is 4.79 Å². The van der Waals surface area contributed by atoms with Gasteiger partial charge in [0, 0.05) is 37.7 Å². The highest BCUT2D eigenvalue weighted by Gasteiger charge is 2.30. The molecule has 2 heterocycles. The lowest BCUT2D eigenvalue weighted by Gasteiger charge is -2.31. The number of H-pyrrole nitrogens is 1. The molecule has 2 unspecified atom stereocenters. The van der Waals surface area contributed by atoms with E-state index in [9.17, 15) is 24.0 Å². The summed E-state index contributed by atoms with van der Waals surface area (Å²) in [5.74, 6) is -2.16. The fraction of sp³-hybridized carbons (Fsp3) is 0.683. The Hall–Kier alpha value is -3.77. The second-order valence-corrected chi connectivity index (χ2v) is 14.6. The maximum absolute atomic E-state index is 13.3. The summed E-state index contributed by atoms with van der Waals surface area (Å²) >= 11 is 0. The van der Waals surface area contributed by atoms with Gasteiger partial charge in [-0.3, -0.25) is 28.7 Å². The highest BCUT2D eigenvalue weighted by atomic mass is 16.7. The standard InChI is InChI=1S/C41H65N5O7/c1-4-5-6-7-8-9-10-11-12-13-14-15-16-17-18-22-25-43-39(49)34(27-33-23-20-19-21-24-33)44-35(47)26-31(2)40(50)53-37-29-42-28-36(52-37)46-30-32(3)38(48)45-41(46)51/h19-21,23-24,30-31,34,36-37,42H,4-18,22,25-29H2,1-3H3,(H,43,49)(H,44,47)(H,45,48,51)/t31?,34?,36-,37+/m1/s1. The summed E-state index contributed by atoms with van der Waals surface area (Å²) in [6, 6.07) is 8.71. The topological polar surface area (TPSA) is 161 Å². The van der Waals surface area contributed by atoms with E-state index in [4.69, 9.17) is 9.47 Å². The van der Waals surface area contributed by atoms with Gasteiger partial charge < -0.3 is 25.4 Å². The lowest BCUT2D eigenvalue weighted by Crippen LogP contribution is -2.49. The molecule has 12 nitrogen and oxygen atoms in total. The second-order valence-electron chi connectivity index (χ2n) is 14.6. The van der Waals surface area contributed by atoms with Crippen LogP contribution in [0.1, 0.15) is 140 Å². The molecule has 4 N–H and O–H groups in total. The van der Waals surface area contributed by atoms with Gasteiger partial charge in [0.2, 0.25) is 18.1 Å². The molecule has 0 aliphatic carbocycles. The molecule has 1 fully saturated rings. The molecule has 53 heavy (non-hydrogen) atoms. The molecule has 1 aromatic carbocycles. The van der Waals surface area contributed by atoms with Gasteiger partial charge in [0.05, 0.1) is 12.5 Å². The first-order valence-corrected chi connectivity index (χ1v) is 20.2. The number of ether oxygens (including phenoxy) is 2. The number of hydrogen-bond acceptors (Lipinski definition) is 8. The monoisotopic (exact) mass is 739 g/mol. The fourth-order valence-corrected chi connectivity index (χ4v) is 6.56. The van der Waals surface area contributed by atoms with Crippen LogP contribution < -0.4 is 27.2 Å². The first-order valence-electron chi connectivity index (χ1n) is 20.2. The zero-order chi connectivity index (χ0) is 38.3. The van der Waals surface area contributed by atoms with Gasteiger partial charge in [-0.15, -0.1) is 0 Å². The smallest absolute Gasteiger partial charge is 0.330 e. The third-order valence-corrected chi connectivity index (χ3v) is 9.80. The Morgan fingerprint density at radius 2 is 1.45 bits per heavy atom. The Kier molecular flexibility index (Phi) is 20.8. The summed E-state index contributed by atoms with van der Waals surface area (Å²) in [6.45, 7) is 6.42. The van der Waals surface area contributed by atoms with Crippen molar-refractivity contribution in [1.29, 1.82) is 0 Å². The van der Waals surface area contributed by atoms with Crippen LogP contribution in [0.5, 0.6) is 0 Å². The fourth-order valence-electron chi connectivity index (χ4n) is 6.56.